The normalized spacial score (nSPS) is 26.5. The fraction of sp³-hybridized carbons (Fsp3) is 0.643. The summed E-state index contributed by atoms with van der Waals surface area (Å²) in [4.78, 5) is 10.9. The van der Waals surface area contributed by atoms with E-state index in [9.17, 15) is 4.79 Å². The fourth-order valence-corrected chi connectivity index (χ4v) is 2.24. The number of methoxy groups -OCH3 is 1. The molecule has 3 heteroatoms. The van der Waals surface area contributed by atoms with E-state index >= 15 is 0 Å². The van der Waals surface area contributed by atoms with Crippen LogP contribution in [0, 0.1) is 0 Å². The molecular formula is C14H20O3. The van der Waals surface area contributed by atoms with Gasteiger partial charge in [-0.05, 0) is 37.7 Å². The Morgan fingerprint density at radius 3 is 3.29 bits per heavy atom. The predicted molar refractivity (Wildman–Crippen MR) is 65.6 cm³/mol. The highest BCUT2D eigenvalue weighted by Crippen LogP contribution is 2.38. The molecule has 0 aromatic heterocycles. The molecule has 0 spiro atoms. The van der Waals surface area contributed by atoms with Gasteiger partial charge in [-0.1, -0.05) is 18.2 Å². The second-order valence-corrected chi connectivity index (χ2v) is 4.60. The molecule has 0 N–H and O–H groups in total. The largest absolute Gasteiger partial charge is 0.469 e. The second kappa shape index (κ2) is 6.01. The van der Waals surface area contributed by atoms with Crippen molar-refractivity contribution < 1.29 is 14.3 Å². The molecule has 1 aliphatic carbocycles. The molecule has 2 unspecified atom stereocenters. The van der Waals surface area contributed by atoms with Crippen molar-refractivity contribution in [2.45, 2.75) is 50.7 Å². The van der Waals surface area contributed by atoms with Crippen LogP contribution in [0.3, 0.4) is 0 Å². The SMILES string of the molecule is COC(=O)CCC/C=C\CC1=CCCC2OC12. The third kappa shape index (κ3) is 3.70. The molecule has 94 valence electrons. The minimum absolute atomic E-state index is 0.123. The first-order valence-corrected chi connectivity index (χ1v) is 6.37. The van der Waals surface area contributed by atoms with E-state index in [-0.39, 0.29) is 5.97 Å². The quantitative estimate of drug-likeness (QED) is 0.308. The average Bonchev–Trinajstić information content (AvgIpc) is 3.13. The highest BCUT2D eigenvalue weighted by molar-refractivity contribution is 5.69. The summed E-state index contributed by atoms with van der Waals surface area (Å²) in [6, 6.07) is 0. The van der Waals surface area contributed by atoms with E-state index in [0.29, 0.717) is 18.6 Å². The summed E-state index contributed by atoms with van der Waals surface area (Å²) in [7, 11) is 1.43. The number of carbonyl (C=O) groups excluding carboxylic acids is 1. The van der Waals surface area contributed by atoms with Crippen LogP contribution in [0.2, 0.25) is 0 Å². The van der Waals surface area contributed by atoms with E-state index < -0.39 is 0 Å². The van der Waals surface area contributed by atoms with E-state index in [4.69, 9.17) is 4.74 Å². The summed E-state index contributed by atoms with van der Waals surface area (Å²) in [6.45, 7) is 0. The monoisotopic (exact) mass is 236 g/mol. The number of ether oxygens (including phenoxy) is 2. The third-order valence-electron chi connectivity index (χ3n) is 3.31. The van der Waals surface area contributed by atoms with Crippen LogP contribution in [0.1, 0.15) is 38.5 Å². The number of unbranched alkanes of at least 4 members (excludes halogenated alkanes) is 1. The van der Waals surface area contributed by atoms with E-state index in [2.05, 4.69) is 23.0 Å². The van der Waals surface area contributed by atoms with Crippen molar-refractivity contribution in [2.24, 2.45) is 0 Å². The molecular weight excluding hydrogens is 216 g/mol. The Morgan fingerprint density at radius 2 is 2.47 bits per heavy atom. The lowest BCUT2D eigenvalue weighted by atomic mass is 9.97. The number of rotatable bonds is 6. The van der Waals surface area contributed by atoms with Crippen LogP contribution in [-0.2, 0) is 14.3 Å². The molecule has 2 rings (SSSR count). The Labute approximate surface area is 102 Å². The summed E-state index contributed by atoms with van der Waals surface area (Å²) in [5.41, 5.74) is 1.44. The minimum atomic E-state index is -0.123. The molecule has 0 aromatic rings. The molecule has 1 heterocycles. The number of fused-ring (bicyclic) bond motifs is 1. The first-order chi connectivity index (χ1) is 8.31. The van der Waals surface area contributed by atoms with Crippen molar-refractivity contribution in [1.29, 1.82) is 0 Å². The summed E-state index contributed by atoms with van der Waals surface area (Å²) < 4.78 is 10.1. The molecule has 0 bridgehead atoms. The number of carbonyl (C=O) groups is 1. The number of hydrogen-bond donors (Lipinski definition) is 0. The molecule has 3 nitrogen and oxygen atoms in total. The lowest BCUT2D eigenvalue weighted by Crippen LogP contribution is -2.03. The van der Waals surface area contributed by atoms with Gasteiger partial charge < -0.3 is 9.47 Å². The molecule has 17 heavy (non-hydrogen) atoms. The van der Waals surface area contributed by atoms with Gasteiger partial charge in [0.15, 0.2) is 0 Å². The van der Waals surface area contributed by atoms with Gasteiger partial charge in [0, 0.05) is 6.42 Å². The van der Waals surface area contributed by atoms with E-state index in [0.717, 1.165) is 25.7 Å². The average molecular weight is 236 g/mol. The highest BCUT2D eigenvalue weighted by atomic mass is 16.6. The Balaban J connectivity index is 1.58. The summed E-state index contributed by atoms with van der Waals surface area (Å²) in [5, 5.41) is 0. The highest BCUT2D eigenvalue weighted by Gasteiger charge is 2.42. The summed E-state index contributed by atoms with van der Waals surface area (Å²) in [6.07, 6.45) is 13.3. The van der Waals surface area contributed by atoms with Gasteiger partial charge in [0.2, 0.25) is 0 Å². The number of epoxide rings is 1. The van der Waals surface area contributed by atoms with Gasteiger partial charge in [-0.15, -0.1) is 0 Å². The smallest absolute Gasteiger partial charge is 0.305 e. The molecule has 0 radical (unpaired) electrons. The van der Waals surface area contributed by atoms with Crippen molar-refractivity contribution in [2.75, 3.05) is 7.11 Å². The van der Waals surface area contributed by atoms with Crippen LogP contribution in [-0.4, -0.2) is 25.3 Å². The molecule has 2 aliphatic rings. The lowest BCUT2D eigenvalue weighted by molar-refractivity contribution is -0.140. The molecule has 2 atom stereocenters. The van der Waals surface area contributed by atoms with E-state index in [1.54, 1.807) is 0 Å². The van der Waals surface area contributed by atoms with Crippen molar-refractivity contribution in [3.63, 3.8) is 0 Å². The van der Waals surface area contributed by atoms with Crippen LogP contribution in [0.4, 0.5) is 0 Å². The number of hydrogen-bond acceptors (Lipinski definition) is 3. The predicted octanol–water partition coefficient (Wildman–Crippen LogP) is 2.76. The Bertz CT molecular complexity index is 330. The summed E-state index contributed by atoms with van der Waals surface area (Å²) in [5.74, 6) is -0.123. The zero-order chi connectivity index (χ0) is 12.1. The molecule has 0 amide bonds. The zero-order valence-electron chi connectivity index (χ0n) is 10.4. The van der Waals surface area contributed by atoms with Gasteiger partial charge in [0.05, 0.1) is 13.2 Å². The Morgan fingerprint density at radius 1 is 1.59 bits per heavy atom. The van der Waals surface area contributed by atoms with Gasteiger partial charge in [0.25, 0.3) is 0 Å². The fourth-order valence-electron chi connectivity index (χ4n) is 2.24. The molecule has 1 saturated heterocycles. The summed E-state index contributed by atoms with van der Waals surface area (Å²) >= 11 is 0. The van der Waals surface area contributed by atoms with Gasteiger partial charge >= 0.3 is 5.97 Å². The maximum Gasteiger partial charge on any atom is 0.305 e. The third-order valence-corrected chi connectivity index (χ3v) is 3.31. The topological polar surface area (TPSA) is 38.8 Å². The first kappa shape index (κ1) is 12.4. The Hall–Kier alpha value is -1.09. The second-order valence-electron chi connectivity index (χ2n) is 4.60. The van der Waals surface area contributed by atoms with Crippen LogP contribution in [0.15, 0.2) is 23.8 Å². The van der Waals surface area contributed by atoms with Crippen LogP contribution < -0.4 is 0 Å². The zero-order valence-corrected chi connectivity index (χ0v) is 10.4. The van der Waals surface area contributed by atoms with Crippen molar-refractivity contribution in [3.8, 4) is 0 Å². The molecule has 1 fully saturated rings. The number of allylic oxidation sites excluding steroid dienone is 3. The van der Waals surface area contributed by atoms with E-state index in [1.165, 1.54) is 19.1 Å². The number of esters is 1. The van der Waals surface area contributed by atoms with Gasteiger partial charge in [-0.2, -0.15) is 0 Å². The minimum Gasteiger partial charge on any atom is -0.469 e. The van der Waals surface area contributed by atoms with Crippen molar-refractivity contribution in [1.82, 2.24) is 0 Å². The molecule has 0 saturated carbocycles. The first-order valence-electron chi connectivity index (χ1n) is 6.37. The molecule has 1 aliphatic heterocycles. The maximum atomic E-state index is 10.9. The Kier molecular flexibility index (Phi) is 4.37. The maximum absolute atomic E-state index is 10.9. The van der Waals surface area contributed by atoms with Crippen molar-refractivity contribution >= 4 is 5.97 Å². The lowest BCUT2D eigenvalue weighted by Gasteiger charge is -2.05. The van der Waals surface area contributed by atoms with Gasteiger partial charge in [-0.25, -0.2) is 0 Å². The van der Waals surface area contributed by atoms with Gasteiger partial charge in [0.1, 0.15) is 6.10 Å². The molecule has 0 aromatic carbocycles. The standard InChI is InChI=1S/C14H20O3/c1-16-13(15)10-5-3-2-4-7-11-8-6-9-12-14(11)17-12/h2,4,8,12,14H,3,5-7,9-10H2,1H3/b4-2-. The van der Waals surface area contributed by atoms with Gasteiger partial charge in [-0.3, -0.25) is 4.79 Å². The van der Waals surface area contributed by atoms with Crippen LogP contribution in [0.5, 0.6) is 0 Å². The van der Waals surface area contributed by atoms with E-state index in [1.807, 2.05) is 0 Å². The van der Waals surface area contributed by atoms with Crippen LogP contribution >= 0.6 is 0 Å². The van der Waals surface area contributed by atoms with Crippen molar-refractivity contribution in [3.05, 3.63) is 23.8 Å². The van der Waals surface area contributed by atoms with Crippen LogP contribution in [0.25, 0.3) is 0 Å².